The lowest BCUT2D eigenvalue weighted by atomic mass is 10.1. The number of ether oxygens (including phenoxy) is 1. The van der Waals surface area contributed by atoms with E-state index in [2.05, 4.69) is 4.90 Å². The van der Waals surface area contributed by atoms with E-state index in [1.807, 2.05) is 11.4 Å². The molecule has 1 saturated heterocycles. The van der Waals surface area contributed by atoms with Crippen molar-refractivity contribution in [3.63, 3.8) is 0 Å². The third kappa shape index (κ3) is 6.45. The number of likely N-dealkylation sites (tertiary alicyclic amines) is 1. The van der Waals surface area contributed by atoms with E-state index >= 15 is 0 Å². The number of hydrogen-bond acceptors (Lipinski definition) is 4. The van der Waals surface area contributed by atoms with E-state index in [1.54, 1.807) is 19.0 Å². The number of carbonyl (C=O) groups is 1. The van der Waals surface area contributed by atoms with Crippen molar-refractivity contribution in [2.75, 3.05) is 40.3 Å². The van der Waals surface area contributed by atoms with Crippen LogP contribution < -0.4 is 0 Å². The van der Waals surface area contributed by atoms with Crippen LogP contribution >= 0.6 is 11.3 Å². The van der Waals surface area contributed by atoms with Gasteiger partial charge < -0.3 is 9.64 Å². The molecule has 0 bridgehead atoms. The number of nitrogens with zero attached hydrogens (tertiary/aromatic N) is 2. The fourth-order valence-corrected chi connectivity index (χ4v) is 3.66. The van der Waals surface area contributed by atoms with Gasteiger partial charge in [-0.05, 0) is 36.3 Å². The van der Waals surface area contributed by atoms with E-state index in [0.29, 0.717) is 13.2 Å². The molecule has 2 heterocycles. The summed E-state index contributed by atoms with van der Waals surface area (Å²) in [6.07, 6.45) is 0.420. The van der Waals surface area contributed by atoms with Gasteiger partial charge in [-0.15, -0.1) is 11.3 Å². The highest BCUT2D eigenvalue weighted by Gasteiger charge is 2.21. The molecular formula is C17H26F2N2O2S. The zero-order valence-electron chi connectivity index (χ0n) is 14.3. The second kappa shape index (κ2) is 9.44. The number of rotatable bonds is 8. The van der Waals surface area contributed by atoms with Gasteiger partial charge in [-0.25, -0.2) is 8.78 Å². The molecule has 1 amide bonds. The molecule has 0 radical (unpaired) electrons. The summed E-state index contributed by atoms with van der Waals surface area (Å²) >= 11 is 1.39. The quantitative estimate of drug-likeness (QED) is 0.715. The van der Waals surface area contributed by atoms with Crippen LogP contribution in [0.5, 0.6) is 0 Å². The van der Waals surface area contributed by atoms with Crippen LogP contribution in [0.15, 0.2) is 11.4 Å². The molecule has 0 N–H and O–H groups in total. The molecule has 24 heavy (non-hydrogen) atoms. The number of thiophene rings is 1. The lowest BCUT2D eigenvalue weighted by Crippen LogP contribution is -2.42. The first-order valence-electron chi connectivity index (χ1n) is 8.32. The first kappa shape index (κ1) is 19.3. The standard InChI is InChI=1S/C17H26F2N2O2S/c1-20(2)17(22)11-21-6-3-14(4-7-21)23-8-5-13-9-15(24-12-13)10-16(18)19/h9,12,14,16H,3-8,10-11H2,1-2H3. The zero-order valence-corrected chi connectivity index (χ0v) is 15.2. The molecule has 0 atom stereocenters. The van der Waals surface area contributed by atoms with Gasteiger partial charge in [0.25, 0.3) is 0 Å². The fourth-order valence-electron chi connectivity index (χ4n) is 2.73. The maximum Gasteiger partial charge on any atom is 0.243 e. The smallest absolute Gasteiger partial charge is 0.243 e. The summed E-state index contributed by atoms with van der Waals surface area (Å²) in [5, 5.41) is 1.94. The Bertz CT molecular complexity index is 514. The van der Waals surface area contributed by atoms with Gasteiger partial charge in [0.1, 0.15) is 0 Å². The van der Waals surface area contributed by atoms with Gasteiger partial charge in [0.2, 0.25) is 12.3 Å². The summed E-state index contributed by atoms with van der Waals surface area (Å²) in [5.41, 5.74) is 1.07. The predicted octanol–water partition coefficient (Wildman–Crippen LogP) is 2.67. The normalized spacial score (nSPS) is 16.7. The largest absolute Gasteiger partial charge is 0.378 e. The van der Waals surface area contributed by atoms with Crippen molar-refractivity contribution >= 4 is 17.2 Å². The second-order valence-electron chi connectivity index (χ2n) is 6.40. The number of carbonyl (C=O) groups excluding carboxylic acids is 1. The minimum absolute atomic E-state index is 0.131. The van der Waals surface area contributed by atoms with Gasteiger partial charge in [0, 0.05) is 38.5 Å². The van der Waals surface area contributed by atoms with Gasteiger partial charge >= 0.3 is 0 Å². The average molecular weight is 360 g/mol. The number of piperidine rings is 1. The van der Waals surface area contributed by atoms with Crippen molar-refractivity contribution in [1.82, 2.24) is 9.80 Å². The highest BCUT2D eigenvalue weighted by atomic mass is 32.1. The molecule has 0 saturated carbocycles. The zero-order chi connectivity index (χ0) is 17.5. The predicted molar refractivity (Wildman–Crippen MR) is 91.8 cm³/mol. The molecule has 1 aliphatic heterocycles. The fraction of sp³-hybridized carbons (Fsp3) is 0.706. The Balaban J connectivity index is 1.62. The molecule has 4 nitrogen and oxygen atoms in total. The minimum Gasteiger partial charge on any atom is -0.378 e. The highest BCUT2D eigenvalue weighted by Crippen LogP contribution is 2.19. The van der Waals surface area contributed by atoms with E-state index in [0.717, 1.165) is 42.8 Å². The SMILES string of the molecule is CN(C)C(=O)CN1CCC(OCCc2csc(CC(F)F)c2)CC1. The van der Waals surface area contributed by atoms with Crippen LogP contribution in [0.2, 0.25) is 0 Å². The van der Waals surface area contributed by atoms with Crippen molar-refractivity contribution in [2.24, 2.45) is 0 Å². The Morgan fingerprint density at radius 3 is 2.75 bits per heavy atom. The summed E-state index contributed by atoms with van der Waals surface area (Å²) in [6.45, 7) is 2.84. The summed E-state index contributed by atoms with van der Waals surface area (Å²) in [7, 11) is 3.55. The van der Waals surface area contributed by atoms with Crippen LogP contribution in [-0.4, -0.2) is 68.6 Å². The number of likely N-dealkylation sites (N-methyl/N-ethyl adjacent to an activating group) is 1. The number of alkyl halides is 2. The van der Waals surface area contributed by atoms with Gasteiger partial charge in [0.05, 0.1) is 19.3 Å². The molecule has 7 heteroatoms. The monoisotopic (exact) mass is 360 g/mol. The molecule has 136 valence electrons. The number of amides is 1. The summed E-state index contributed by atoms with van der Waals surface area (Å²) in [4.78, 5) is 16.2. The lowest BCUT2D eigenvalue weighted by molar-refractivity contribution is -0.130. The van der Waals surface area contributed by atoms with Crippen LogP contribution in [0, 0.1) is 0 Å². The van der Waals surface area contributed by atoms with Gasteiger partial charge in [0.15, 0.2) is 0 Å². The maximum absolute atomic E-state index is 12.3. The molecular weight excluding hydrogens is 334 g/mol. The molecule has 0 aromatic carbocycles. The molecule has 0 unspecified atom stereocenters. The van der Waals surface area contributed by atoms with Crippen LogP contribution in [0.3, 0.4) is 0 Å². The Hall–Kier alpha value is -1.05. The Morgan fingerprint density at radius 1 is 1.42 bits per heavy atom. The van der Waals surface area contributed by atoms with Crippen molar-refractivity contribution in [2.45, 2.75) is 38.2 Å². The number of halogens is 2. The molecule has 0 aliphatic carbocycles. The van der Waals surface area contributed by atoms with Crippen LogP contribution in [0.25, 0.3) is 0 Å². The van der Waals surface area contributed by atoms with Gasteiger partial charge in [-0.3, -0.25) is 9.69 Å². The van der Waals surface area contributed by atoms with E-state index in [-0.39, 0.29) is 18.4 Å². The van der Waals surface area contributed by atoms with Crippen molar-refractivity contribution in [1.29, 1.82) is 0 Å². The molecule has 0 spiro atoms. The third-order valence-electron chi connectivity index (χ3n) is 4.20. The topological polar surface area (TPSA) is 32.8 Å². The first-order valence-corrected chi connectivity index (χ1v) is 9.20. The van der Waals surface area contributed by atoms with Crippen LogP contribution in [0.1, 0.15) is 23.3 Å². The third-order valence-corrected chi connectivity index (χ3v) is 5.21. The Morgan fingerprint density at radius 2 is 2.12 bits per heavy atom. The van der Waals surface area contributed by atoms with E-state index in [9.17, 15) is 13.6 Å². The molecule has 1 aromatic rings. The maximum atomic E-state index is 12.3. The van der Waals surface area contributed by atoms with Gasteiger partial charge in [-0.1, -0.05) is 0 Å². The van der Waals surface area contributed by atoms with Crippen molar-refractivity contribution < 1.29 is 18.3 Å². The number of hydrogen-bond donors (Lipinski definition) is 0. The van der Waals surface area contributed by atoms with Crippen molar-refractivity contribution in [3.05, 3.63) is 21.9 Å². The lowest BCUT2D eigenvalue weighted by Gasteiger charge is -2.32. The summed E-state index contributed by atoms with van der Waals surface area (Å²) in [5.74, 6) is 0.131. The highest BCUT2D eigenvalue weighted by molar-refractivity contribution is 7.10. The van der Waals surface area contributed by atoms with E-state index in [4.69, 9.17) is 4.74 Å². The molecule has 1 aromatic heterocycles. The summed E-state index contributed by atoms with van der Waals surface area (Å²) in [6, 6.07) is 1.86. The average Bonchev–Trinajstić information content (AvgIpc) is 2.95. The molecule has 2 rings (SSSR count). The van der Waals surface area contributed by atoms with E-state index < -0.39 is 6.43 Å². The molecule has 1 aliphatic rings. The van der Waals surface area contributed by atoms with Gasteiger partial charge in [-0.2, -0.15) is 0 Å². The summed E-state index contributed by atoms with van der Waals surface area (Å²) < 4.78 is 30.6. The molecule has 1 fully saturated rings. The van der Waals surface area contributed by atoms with Crippen LogP contribution in [0.4, 0.5) is 8.78 Å². The second-order valence-corrected chi connectivity index (χ2v) is 7.40. The Labute approximate surface area is 146 Å². The minimum atomic E-state index is -2.28. The first-order chi connectivity index (χ1) is 11.4. The van der Waals surface area contributed by atoms with E-state index in [1.165, 1.54) is 11.3 Å². The van der Waals surface area contributed by atoms with Crippen LogP contribution in [-0.2, 0) is 22.4 Å². The van der Waals surface area contributed by atoms with Crippen molar-refractivity contribution in [3.8, 4) is 0 Å². The Kier molecular flexibility index (Phi) is 7.58.